The van der Waals surface area contributed by atoms with Crippen LogP contribution in [0.25, 0.3) is 33.8 Å². The van der Waals surface area contributed by atoms with Crippen LogP contribution >= 0.6 is 0 Å². The Labute approximate surface area is 213 Å². The van der Waals surface area contributed by atoms with Crippen LogP contribution in [0.1, 0.15) is 55.6 Å². The fourth-order valence-electron chi connectivity index (χ4n) is 4.77. The van der Waals surface area contributed by atoms with Crippen LogP contribution in [0.2, 0.25) is 0 Å². The average Bonchev–Trinajstić information content (AvgIpc) is 3.57. The number of aromatic nitrogens is 8. The number of imidazole rings is 1. The Bertz CT molecular complexity index is 1620. The number of methoxy groups -OCH3 is 1. The second-order valence-corrected chi connectivity index (χ2v) is 9.39. The zero-order valence-electron chi connectivity index (χ0n) is 21.2. The van der Waals surface area contributed by atoms with Crippen LogP contribution in [0.4, 0.5) is 4.39 Å². The number of nitrogens with zero attached hydrogens (tertiary/aromatic N) is 8. The maximum absolute atomic E-state index is 15.3. The van der Waals surface area contributed by atoms with Crippen molar-refractivity contribution in [3.63, 3.8) is 0 Å². The van der Waals surface area contributed by atoms with E-state index in [0.29, 0.717) is 40.2 Å². The fourth-order valence-corrected chi connectivity index (χ4v) is 4.77. The number of benzene rings is 1. The van der Waals surface area contributed by atoms with Gasteiger partial charge in [0.2, 0.25) is 5.88 Å². The molecule has 1 saturated carbocycles. The Morgan fingerprint density at radius 3 is 2.70 bits per heavy atom. The third-order valence-corrected chi connectivity index (χ3v) is 6.88. The van der Waals surface area contributed by atoms with E-state index in [0.717, 1.165) is 41.7 Å². The average molecular weight is 499 g/mol. The van der Waals surface area contributed by atoms with Gasteiger partial charge >= 0.3 is 0 Å². The molecule has 1 aliphatic rings. The molecule has 5 aromatic rings. The van der Waals surface area contributed by atoms with E-state index in [4.69, 9.17) is 9.72 Å². The number of ether oxygens (including phenoxy) is 1. The van der Waals surface area contributed by atoms with E-state index >= 15 is 4.39 Å². The van der Waals surface area contributed by atoms with Crippen molar-refractivity contribution < 1.29 is 9.13 Å². The number of halogens is 1. The first-order chi connectivity index (χ1) is 18.0. The third-order valence-electron chi connectivity index (χ3n) is 6.88. The zero-order chi connectivity index (χ0) is 25.7. The minimum Gasteiger partial charge on any atom is -0.480 e. The van der Waals surface area contributed by atoms with Gasteiger partial charge in [-0.25, -0.2) is 34.0 Å². The smallest absolute Gasteiger partial charge is 0.227 e. The molecule has 1 fully saturated rings. The summed E-state index contributed by atoms with van der Waals surface area (Å²) in [6, 6.07) is 4.99. The van der Waals surface area contributed by atoms with Gasteiger partial charge in [-0.2, -0.15) is 5.10 Å². The summed E-state index contributed by atoms with van der Waals surface area (Å²) in [5, 5.41) is 5.36. The van der Waals surface area contributed by atoms with Crippen LogP contribution in [0, 0.1) is 12.7 Å². The molecule has 188 valence electrons. The van der Waals surface area contributed by atoms with Crippen molar-refractivity contribution in [1.29, 1.82) is 0 Å². The summed E-state index contributed by atoms with van der Waals surface area (Å²) in [5.74, 6) is 1.61. The highest BCUT2D eigenvalue weighted by atomic mass is 19.1. The lowest BCUT2D eigenvalue weighted by Gasteiger charge is -2.16. The molecule has 0 aliphatic heterocycles. The topological polar surface area (TPSA) is 96.4 Å². The van der Waals surface area contributed by atoms with Gasteiger partial charge in [-0.05, 0) is 51.3 Å². The summed E-state index contributed by atoms with van der Waals surface area (Å²) in [5.41, 5.74) is 4.38. The van der Waals surface area contributed by atoms with Gasteiger partial charge in [-0.1, -0.05) is 6.07 Å². The van der Waals surface area contributed by atoms with E-state index in [2.05, 4.69) is 25.0 Å². The van der Waals surface area contributed by atoms with E-state index in [-0.39, 0.29) is 11.9 Å². The SMILES string of the molecule is CCn1cc(C)nc1-c1ccc([C@H](C)n2ncc3cnc(-c4c(OC)ncnc4C4CC4)nc32)cc1F. The van der Waals surface area contributed by atoms with E-state index in [1.807, 2.05) is 37.6 Å². The second kappa shape index (κ2) is 9.02. The fraction of sp³-hybridized carbons (Fsp3) is 0.333. The first kappa shape index (κ1) is 23.2. The molecule has 0 radical (unpaired) electrons. The minimum atomic E-state index is -0.323. The molecular formula is C27H27FN8O. The largest absolute Gasteiger partial charge is 0.480 e. The standard InChI is InChI=1S/C27H27FN8O/c1-5-35-13-15(2)33-26(35)20-9-8-18(10-21(20)28)16(3)36-25-19(12-32-36)11-29-24(34-25)22-23(17-6-7-17)30-14-31-27(22)37-4/h8-14,16-17H,5-7H2,1-4H3/t16-/m0/s1. The van der Waals surface area contributed by atoms with Gasteiger partial charge in [-0.15, -0.1) is 0 Å². The quantitative estimate of drug-likeness (QED) is 0.308. The van der Waals surface area contributed by atoms with E-state index in [1.54, 1.807) is 36.3 Å². The molecule has 37 heavy (non-hydrogen) atoms. The number of hydrogen-bond donors (Lipinski definition) is 0. The Hall–Kier alpha value is -4.21. The van der Waals surface area contributed by atoms with Gasteiger partial charge in [0.15, 0.2) is 11.5 Å². The van der Waals surface area contributed by atoms with Crippen LogP contribution in [0.5, 0.6) is 5.88 Å². The summed E-state index contributed by atoms with van der Waals surface area (Å²) < 4.78 is 24.6. The Morgan fingerprint density at radius 2 is 1.97 bits per heavy atom. The molecule has 0 spiro atoms. The van der Waals surface area contributed by atoms with Gasteiger partial charge in [0.25, 0.3) is 0 Å². The summed E-state index contributed by atoms with van der Waals surface area (Å²) in [7, 11) is 1.58. The molecule has 1 aliphatic carbocycles. The predicted octanol–water partition coefficient (Wildman–Crippen LogP) is 5.11. The molecule has 0 bridgehead atoms. The molecule has 0 saturated heterocycles. The van der Waals surface area contributed by atoms with Crippen molar-refractivity contribution in [3.05, 3.63) is 65.9 Å². The highest BCUT2D eigenvalue weighted by molar-refractivity contribution is 5.77. The first-order valence-corrected chi connectivity index (χ1v) is 12.4. The van der Waals surface area contributed by atoms with Crippen molar-refractivity contribution in [3.8, 4) is 28.7 Å². The maximum Gasteiger partial charge on any atom is 0.227 e. The highest BCUT2D eigenvalue weighted by Gasteiger charge is 2.31. The number of rotatable bonds is 7. The molecule has 9 nitrogen and oxygen atoms in total. The van der Waals surface area contributed by atoms with Crippen LogP contribution in [0.3, 0.4) is 0 Å². The molecular weight excluding hydrogens is 471 g/mol. The third kappa shape index (κ3) is 4.02. The molecule has 0 N–H and O–H groups in total. The Morgan fingerprint density at radius 1 is 1.14 bits per heavy atom. The van der Waals surface area contributed by atoms with Gasteiger partial charge < -0.3 is 9.30 Å². The van der Waals surface area contributed by atoms with Crippen molar-refractivity contribution in [2.75, 3.05) is 7.11 Å². The molecule has 1 atom stereocenters. The number of hydrogen-bond acceptors (Lipinski definition) is 7. The minimum absolute atomic E-state index is 0.270. The van der Waals surface area contributed by atoms with Gasteiger partial charge in [0.05, 0.1) is 41.7 Å². The number of fused-ring (bicyclic) bond motifs is 1. The summed E-state index contributed by atoms with van der Waals surface area (Å²) in [6.07, 6.45) is 9.07. The molecule has 4 aromatic heterocycles. The molecule has 0 unspecified atom stereocenters. The normalized spacial score (nSPS) is 14.3. The van der Waals surface area contributed by atoms with E-state index in [1.165, 1.54) is 6.33 Å². The maximum atomic E-state index is 15.3. The summed E-state index contributed by atoms with van der Waals surface area (Å²) in [4.78, 5) is 22.8. The molecule has 1 aromatic carbocycles. The molecule has 10 heteroatoms. The number of aryl methyl sites for hydroxylation is 2. The van der Waals surface area contributed by atoms with E-state index < -0.39 is 0 Å². The monoisotopic (exact) mass is 498 g/mol. The van der Waals surface area contributed by atoms with Gasteiger partial charge in [-0.3, -0.25) is 0 Å². The van der Waals surface area contributed by atoms with Crippen molar-refractivity contribution in [1.82, 2.24) is 39.3 Å². The summed E-state index contributed by atoms with van der Waals surface area (Å²) in [6.45, 7) is 6.62. The molecule has 6 rings (SSSR count). The molecule has 4 heterocycles. The lowest BCUT2D eigenvalue weighted by Crippen LogP contribution is -2.10. The van der Waals surface area contributed by atoms with Crippen LogP contribution in [-0.4, -0.2) is 46.4 Å². The van der Waals surface area contributed by atoms with E-state index in [9.17, 15) is 0 Å². The van der Waals surface area contributed by atoms with Crippen LogP contribution < -0.4 is 4.74 Å². The van der Waals surface area contributed by atoms with Gasteiger partial charge in [0, 0.05) is 24.9 Å². The van der Waals surface area contributed by atoms with Gasteiger partial charge in [0.1, 0.15) is 23.5 Å². The zero-order valence-corrected chi connectivity index (χ0v) is 21.2. The first-order valence-electron chi connectivity index (χ1n) is 12.4. The second-order valence-electron chi connectivity index (χ2n) is 9.39. The molecule has 0 amide bonds. The van der Waals surface area contributed by atoms with Crippen molar-refractivity contribution >= 4 is 11.0 Å². The highest BCUT2D eigenvalue weighted by Crippen LogP contribution is 2.45. The lowest BCUT2D eigenvalue weighted by atomic mass is 10.0. The van der Waals surface area contributed by atoms with Crippen LogP contribution in [-0.2, 0) is 6.54 Å². The lowest BCUT2D eigenvalue weighted by molar-refractivity contribution is 0.397. The van der Waals surface area contributed by atoms with Crippen LogP contribution in [0.15, 0.2) is 43.1 Å². The van der Waals surface area contributed by atoms with Crippen molar-refractivity contribution in [2.24, 2.45) is 0 Å². The Balaban J connectivity index is 1.40. The van der Waals surface area contributed by atoms with Crippen molar-refractivity contribution in [2.45, 2.75) is 52.1 Å². The Kier molecular flexibility index (Phi) is 5.66. The summed E-state index contributed by atoms with van der Waals surface area (Å²) >= 11 is 0. The predicted molar refractivity (Wildman–Crippen MR) is 137 cm³/mol.